The summed E-state index contributed by atoms with van der Waals surface area (Å²) in [5, 5.41) is 17.1. The number of pyridine rings is 1. The highest BCUT2D eigenvalue weighted by molar-refractivity contribution is 5.79. The predicted octanol–water partition coefficient (Wildman–Crippen LogP) is 2.79. The van der Waals surface area contributed by atoms with Crippen molar-refractivity contribution in [1.82, 2.24) is 10.3 Å². The molecule has 126 valence electrons. The summed E-state index contributed by atoms with van der Waals surface area (Å²) in [6.07, 6.45) is 4.89. The van der Waals surface area contributed by atoms with Gasteiger partial charge >= 0.3 is 0 Å². The van der Waals surface area contributed by atoms with Crippen LogP contribution in [0.2, 0.25) is 0 Å². The number of rotatable bonds is 5. The molecule has 2 N–H and O–H groups in total. The van der Waals surface area contributed by atoms with Crippen molar-refractivity contribution in [2.45, 2.75) is 58.5 Å². The lowest BCUT2D eigenvalue weighted by Crippen LogP contribution is -2.40. The molecule has 1 aromatic heterocycles. The zero-order valence-electron chi connectivity index (χ0n) is 13.8. The largest absolute Gasteiger partial charge is 0.367 e. The summed E-state index contributed by atoms with van der Waals surface area (Å²) in [4.78, 5) is 26.6. The molecule has 0 bridgehead atoms. The van der Waals surface area contributed by atoms with Crippen LogP contribution in [0.25, 0.3) is 0 Å². The van der Waals surface area contributed by atoms with E-state index in [2.05, 4.69) is 15.6 Å². The first-order valence-corrected chi connectivity index (χ1v) is 8.04. The van der Waals surface area contributed by atoms with E-state index < -0.39 is 4.92 Å². The number of carbonyl (C=O) groups excluding carboxylic acids is 1. The van der Waals surface area contributed by atoms with Gasteiger partial charge in [-0.05, 0) is 45.6 Å². The molecule has 0 spiro atoms. The van der Waals surface area contributed by atoms with Crippen molar-refractivity contribution in [3.8, 4) is 0 Å². The van der Waals surface area contributed by atoms with E-state index in [9.17, 15) is 14.9 Å². The number of nitrogens with one attached hydrogen (secondary N) is 2. The third-order valence-electron chi connectivity index (χ3n) is 4.09. The summed E-state index contributed by atoms with van der Waals surface area (Å²) < 4.78 is 0. The van der Waals surface area contributed by atoms with Crippen LogP contribution in [-0.4, -0.2) is 27.9 Å². The summed E-state index contributed by atoms with van der Waals surface area (Å²) in [6, 6.07) is 1.83. The van der Waals surface area contributed by atoms with Crippen LogP contribution in [0.4, 0.5) is 11.5 Å². The van der Waals surface area contributed by atoms with Gasteiger partial charge in [-0.15, -0.1) is 0 Å². The Balaban J connectivity index is 2.00. The Bertz CT molecular complexity index is 589. The first-order chi connectivity index (χ1) is 10.9. The Kier molecular flexibility index (Phi) is 5.52. The highest BCUT2D eigenvalue weighted by Crippen LogP contribution is 2.28. The zero-order valence-corrected chi connectivity index (χ0v) is 13.8. The lowest BCUT2D eigenvalue weighted by atomic mass is 9.85. The fourth-order valence-electron chi connectivity index (χ4n) is 2.97. The van der Waals surface area contributed by atoms with Crippen LogP contribution in [0, 0.1) is 23.0 Å². The van der Waals surface area contributed by atoms with E-state index in [1.807, 2.05) is 13.8 Å². The smallest absolute Gasteiger partial charge is 0.287 e. The molecule has 0 aliphatic heterocycles. The fraction of sp³-hybridized carbons (Fsp3) is 0.625. The molecule has 0 saturated heterocycles. The van der Waals surface area contributed by atoms with Crippen molar-refractivity contribution in [3.63, 3.8) is 0 Å². The van der Waals surface area contributed by atoms with Gasteiger partial charge in [0.2, 0.25) is 5.91 Å². The lowest BCUT2D eigenvalue weighted by molar-refractivity contribution is -0.385. The maximum atomic E-state index is 12.2. The molecule has 1 heterocycles. The van der Waals surface area contributed by atoms with Gasteiger partial charge in [0.15, 0.2) is 0 Å². The van der Waals surface area contributed by atoms with E-state index in [4.69, 9.17) is 0 Å². The van der Waals surface area contributed by atoms with E-state index in [1.165, 1.54) is 12.3 Å². The van der Waals surface area contributed by atoms with Crippen molar-refractivity contribution >= 4 is 17.4 Å². The third kappa shape index (κ3) is 4.64. The van der Waals surface area contributed by atoms with E-state index in [1.54, 1.807) is 6.92 Å². The van der Waals surface area contributed by atoms with Gasteiger partial charge < -0.3 is 10.6 Å². The van der Waals surface area contributed by atoms with Crippen LogP contribution in [0.3, 0.4) is 0 Å². The molecule has 23 heavy (non-hydrogen) atoms. The molecule has 7 nitrogen and oxygen atoms in total. The number of hydrogen-bond acceptors (Lipinski definition) is 5. The maximum Gasteiger partial charge on any atom is 0.287 e. The average molecular weight is 320 g/mol. The van der Waals surface area contributed by atoms with Crippen molar-refractivity contribution in [3.05, 3.63) is 27.9 Å². The Morgan fingerprint density at radius 1 is 1.43 bits per heavy atom. The number of carbonyl (C=O) groups is 1. The summed E-state index contributed by atoms with van der Waals surface area (Å²) >= 11 is 0. The number of aromatic nitrogens is 1. The predicted molar refractivity (Wildman–Crippen MR) is 88.3 cm³/mol. The average Bonchev–Trinajstić information content (AvgIpc) is 2.48. The van der Waals surface area contributed by atoms with Crippen molar-refractivity contribution in [2.24, 2.45) is 5.92 Å². The summed E-state index contributed by atoms with van der Waals surface area (Å²) in [5.74, 6) is 0.785. The van der Waals surface area contributed by atoms with E-state index in [-0.39, 0.29) is 29.6 Å². The molecule has 1 aromatic rings. The van der Waals surface area contributed by atoms with Gasteiger partial charge in [0.25, 0.3) is 5.69 Å². The van der Waals surface area contributed by atoms with Gasteiger partial charge in [-0.2, -0.15) is 0 Å². The van der Waals surface area contributed by atoms with Crippen molar-refractivity contribution < 1.29 is 9.72 Å². The lowest BCUT2D eigenvalue weighted by Gasteiger charge is -2.30. The van der Waals surface area contributed by atoms with Crippen LogP contribution in [0.1, 0.15) is 45.1 Å². The molecular formula is C16H24N4O3. The monoisotopic (exact) mass is 320 g/mol. The Morgan fingerprint density at radius 2 is 2.17 bits per heavy atom. The van der Waals surface area contributed by atoms with E-state index in [0.717, 1.165) is 31.2 Å². The number of nitrogens with zero attached hydrogens (tertiary/aromatic N) is 2. The molecule has 1 amide bonds. The highest BCUT2D eigenvalue weighted by atomic mass is 16.6. The molecule has 0 aromatic carbocycles. The van der Waals surface area contributed by atoms with Crippen molar-refractivity contribution in [2.75, 3.05) is 5.32 Å². The quantitative estimate of drug-likeness (QED) is 0.642. The molecule has 1 saturated carbocycles. The minimum absolute atomic E-state index is 0.00844. The number of hydrogen-bond donors (Lipinski definition) is 2. The van der Waals surface area contributed by atoms with Gasteiger partial charge in [-0.1, -0.05) is 6.42 Å². The molecule has 0 unspecified atom stereocenters. The van der Waals surface area contributed by atoms with Gasteiger partial charge in [-0.3, -0.25) is 14.9 Å². The second-order valence-electron chi connectivity index (χ2n) is 6.48. The number of aryl methyl sites for hydroxylation is 1. The minimum Gasteiger partial charge on any atom is -0.367 e. The van der Waals surface area contributed by atoms with Gasteiger partial charge in [0.05, 0.1) is 4.92 Å². The maximum absolute atomic E-state index is 12.2. The Labute approximate surface area is 136 Å². The first kappa shape index (κ1) is 17.2. The molecule has 1 aliphatic carbocycles. The van der Waals surface area contributed by atoms with E-state index >= 15 is 0 Å². The van der Waals surface area contributed by atoms with Crippen LogP contribution in [0.5, 0.6) is 0 Å². The first-order valence-electron chi connectivity index (χ1n) is 8.04. The zero-order chi connectivity index (χ0) is 17.0. The van der Waals surface area contributed by atoms with Crippen LogP contribution >= 0.6 is 0 Å². The van der Waals surface area contributed by atoms with Gasteiger partial charge in [0, 0.05) is 24.1 Å². The normalized spacial score (nSPS) is 21.0. The molecular weight excluding hydrogens is 296 g/mol. The summed E-state index contributed by atoms with van der Waals surface area (Å²) in [5.41, 5.74) is 0.735. The second kappa shape index (κ2) is 7.39. The third-order valence-corrected chi connectivity index (χ3v) is 4.09. The molecule has 7 heteroatoms. The molecule has 0 radical (unpaired) electrons. The molecule has 1 aliphatic rings. The molecule has 1 fully saturated rings. The van der Waals surface area contributed by atoms with Crippen LogP contribution in [0.15, 0.2) is 12.3 Å². The highest BCUT2D eigenvalue weighted by Gasteiger charge is 2.28. The minimum atomic E-state index is -0.448. The SMILES string of the molecule is Cc1cc([N+](=O)[O-])cnc1N[C@H]1CCC[C@@H](C(=O)NC(C)C)C1. The molecule has 2 rings (SSSR count). The Hall–Kier alpha value is -2.18. The van der Waals surface area contributed by atoms with Gasteiger partial charge in [-0.25, -0.2) is 4.98 Å². The number of nitro groups is 1. The van der Waals surface area contributed by atoms with Crippen molar-refractivity contribution in [1.29, 1.82) is 0 Å². The molecule has 2 atom stereocenters. The van der Waals surface area contributed by atoms with Crippen LogP contribution < -0.4 is 10.6 Å². The van der Waals surface area contributed by atoms with E-state index in [0.29, 0.717) is 5.82 Å². The van der Waals surface area contributed by atoms with Crippen LogP contribution in [-0.2, 0) is 4.79 Å². The fourth-order valence-corrected chi connectivity index (χ4v) is 2.97. The topological polar surface area (TPSA) is 97.2 Å². The summed E-state index contributed by atoms with van der Waals surface area (Å²) in [7, 11) is 0. The summed E-state index contributed by atoms with van der Waals surface area (Å²) in [6.45, 7) is 5.72. The number of amides is 1. The standard InChI is InChI=1S/C16H24N4O3/c1-10(2)18-16(21)12-5-4-6-13(8-12)19-15-11(3)7-14(9-17-15)20(22)23/h7,9-10,12-13H,4-6,8H2,1-3H3,(H,17,19)(H,18,21)/t12-,13+/m1/s1. The number of anilines is 1. The Morgan fingerprint density at radius 3 is 2.78 bits per heavy atom. The van der Waals surface area contributed by atoms with Gasteiger partial charge in [0.1, 0.15) is 12.0 Å². The second-order valence-corrected chi connectivity index (χ2v) is 6.48.